The molecule has 1 aliphatic rings. The van der Waals surface area contributed by atoms with Crippen LogP contribution in [-0.4, -0.2) is 30.1 Å². The lowest BCUT2D eigenvalue weighted by atomic mass is 10.1. The molecule has 0 unspecified atom stereocenters. The van der Waals surface area contributed by atoms with Gasteiger partial charge < -0.3 is 4.74 Å². The molecule has 0 spiro atoms. The van der Waals surface area contributed by atoms with Crippen molar-refractivity contribution in [2.45, 2.75) is 32.4 Å². The lowest BCUT2D eigenvalue weighted by Crippen LogP contribution is -2.37. The summed E-state index contributed by atoms with van der Waals surface area (Å²) < 4.78 is 18.0. The molecule has 0 N–H and O–H groups in total. The van der Waals surface area contributed by atoms with Crippen molar-refractivity contribution in [3.8, 4) is 0 Å². The normalized spacial score (nSPS) is 16.7. The van der Waals surface area contributed by atoms with Gasteiger partial charge in [-0.05, 0) is 30.5 Å². The third kappa shape index (κ3) is 5.17. The fraction of sp³-hybridized carbons (Fsp3) is 0.500. The van der Waals surface area contributed by atoms with Crippen molar-refractivity contribution in [1.82, 2.24) is 4.90 Å². The zero-order chi connectivity index (χ0) is 13.0. The predicted molar refractivity (Wildman–Crippen MR) is 73.7 cm³/mol. The summed E-state index contributed by atoms with van der Waals surface area (Å²) >= 11 is 0. The molecule has 5 heteroatoms. The van der Waals surface area contributed by atoms with Crippen LogP contribution >= 0.6 is 12.4 Å². The molecular formula is C14H19ClFNO2. The van der Waals surface area contributed by atoms with Gasteiger partial charge in [-0.2, -0.15) is 0 Å². The summed E-state index contributed by atoms with van der Waals surface area (Å²) in [6.45, 7) is 4.10. The molecule has 1 aromatic carbocycles. The summed E-state index contributed by atoms with van der Waals surface area (Å²) in [6.07, 6.45) is 1.81. The third-order valence-corrected chi connectivity index (χ3v) is 3.19. The summed E-state index contributed by atoms with van der Waals surface area (Å²) in [5.74, 6) is -0.403. The van der Waals surface area contributed by atoms with Gasteiger partial charge in [0.15, 0.2) is 0 Å². The molecule has 0 aromatic heterocycles. The maximum absolute atomic E-state index is 12.8. The molecule has 0 amide bonds. The zero-order valence-corrected chi connectivity index (χ0v) is 11.8. The second kappa shape index (κ2) is 7.46. The lowest BCUT2D eigenvalue weighted by Gasteiger charge is -2.31. The Hall–Kier alpha value is -1.13. The van der Waals surface area contributed by atoms with Crippen LogP contribution < -0.4 is 0 Å². The second-order valence-electron chi connectivity index (χ2n) is 4.71. The minimum absolute atomic E-state index is 0. The third-order valence-electron chi connectivity index (χ3n) is 3.19. The summed E-state index contributed by atoms with van der Waals surface area (Å²) in [7, 11) is 0. The second-order valence-corrected chi connectivity index (χ2v) is 4.71. The van der Waals surface area contributed by atoms with E-state index in [1.807, 2.05) is 12.1 Å². The van der Waals surface area contributed by atoms with Gasteiger partial charge >= 0.3 is 5.97 Å². The molecule has 0 bridgehead atoms. The molecular weight excluding hydrogens is 269 g/mol. The highest BCUT2D eigenvalue weighted by Crippen LogP contribution is 2.16. The largest absolute Gasteiger partial charge is 0.462 e. The minimum atomic E-state index is -0.202. The van der Waals surface area contributed by atoms with Crippen molar-refractivity contribution in [3.63, 3.8) is 0 Å². The van der Waals surface area contributed by atoms with Crippen LogP contribution in [-0.2, 0) is 16.1 Å². The van der Waals surface area contributed by atoms with Crippen molar-refractivity contribution < 1.29 is 13.9 Å². The van der Waals surface area contributed by atoms with E-state index in [-0.39, 0.29) is 30.3 Å². The van der Waals surface area contributed by atoms with Crippen LogP contribution in [0.25, 0.3) is 0 Å². The van der Waals surface area contributed by atoms with Crippen molar-refractivity contribution >= 4 is 18.4 Å². The Morgan fingerprint density at radius 2 is 1.89 bits per heavy atom. The molecule has 106 valence electrons. The van der Waals surface area contributed by atoms with Crippen LogP contribution in [0, 0.1) is 5.82 Å². The SMILES string of the molecule is CC(=O)OC1CCN(Cc2ccc(F)cc2)CC1.Cl. The van der Waals surface area contributed by atoms with Gasteiger partial charge in [-0.15, -0.1) is 12.4 Å². The van der Waals surface area contributed by atoms with E-state index in [0.29, 0.717) is 0 Å². The van der Waals surface area contributed by atoms with Gasteiger partial charge in [0.1, 0.15) is 11.9 Å². The average molecular weight is 288 g/mol. The first-order chi connectivity index (χ1) is 8.63. The molecule has 0 atom stereocenters. The zero-order valence-electron chi connectivity index (χ0n) is 11.0. The highest BCUT2D eigenvalue weighted by atomic mass is 35.5. The molecule has 1 saturated heterocycles. The van der Waals surface area contributed by atoms with Gasteiger partial charge in [0.2, 0.25) is 0 Å². The first-order valence-electron chi connectivity index (χ1n) is 6.27. The highest BCUT2D eigenvalue weighted by Gasteiger charge is 2.21. The fourth-order valence-electron chi connectivity index (χ4n) is 2.27. The fourth-order valence-corrected chi connectivity index (χ4v) is 2.27. The number of nitrogens with zero attached hydrogens (tertiary/aromatic N) is 1. The van der Waals surface area contributed by atoms with Gasteiger partial charge in [0.05, 0.1) is 0 Å². The van der Waals surface area contributed by atoms with E-state index in [4.69, 9.17) is 4.74 Å². The number of ether oxygens (including phenoxy) is 1. The van der Waals surface area contributed by atoms with E-state index in [1.165, 1.54) is 19.1 Å². The highest BCUT2D eigenvalue weighted by molar-refractivity contribution is 5.85. The predicted octanol–water partition coefficient (Wildman–Crippen LogP) is 2.78. The van der Waals surface area contributed by atoms with Crippen LogP contribution in [0.5, 0.6) is 0 Å². The standard InChI is InChI=1S/C14H18FNO2.ClH/c1-11(17)18-14-6-8-16(9-7-14)10-12-2-4-13(15)5-3-12;/h2-5,14H,6-10H2,1H3;1H. The Morgan fingerprint density at radius 1 is 1.32 bits per heavy atom. The van der Waals surface area contributed by atoms with Gasteiger partial charge in [0, 0.05) is 26.6 Å². The van der Waals surface area contributed by atoms with Crippen molar-refractivity contribution in [2.24, 2.45) is 0 Å². The van der Waals surface area contributed by atoms with Crippen LogP contribution in [0.2, 0.25) is 0 Å². The number of hydrogen-bond donors (Lipinski definition) is 0. The van der Waals surface area contributed by atoms with Crippen LogP contribution in [0.3, 0.4) is 0 Å². The maximum atomic E-state index is 12.8. The van der Waals surface area contributed by atoms with Crippen molar-refractivity contribution in [3.05, 3.63) is 35.6 Å². The Balaban J connectivity index is 0.00000180. The number of benzene rings is 1. The topological polar surface area (TPSA) is 29.5 Å². The lowest BCUT2D eigenvalue weighted by molar-refractivity contribution is -0.148. The minimum Gasteiger partial charge on any atom is -0.462 e. The van der Waals surface area contributed by atoms with E-state index < -0.39 is 0 Å². The first kappa shape index (κ1) is 15.9. The molecule has 3 nitrogen and oxygen atoms in total. The molecule has 1 aliphatic heterocycles. The smallest absolute Gasteiger partial charge is 0.302 e. The summed E-state index contributed by atoms with van der Waals surface area (Å²) in [5, 5.41) is 0. The van der Waals surface area contributed by atoms with E-state index in [9.17, 15) is 9.18 Å². The maximum Gasteiger partial charge on any atom is 0.302 e. The summed E-state index contributed by atoms with van der Waals surface area (Å²) in [4.78, 5) is 13.1. The van der Waals surface area contributed by atoms with Crippen molar-refractivity contribution in [2.75, 3.05) is 13.1 Å². The molecule has 2 rings (SSSR count). The summed E-state index contributed by atoms with van der Waals surface area (Å²) in [6, 6.07) is 6.60. The van der Waals surface area contributed by atoms with Gasteiger partial charge in [-0.1, -0.05) is 12.1 Å². The molecule has 1 aromatic rings. The van der Waals surface area contributed by atoms with Crippen LogP contribution in [0.4, 0.5) is 4.39 Å². The number of carbonyl (C=O) groups is 1. The van der Waals surface area contributed by atoms with Crippen LogP contribution in [0.15, 0.2) is 24.3 Å². The molecule has 0 radical (unpaired) electrons. The average Bonchev–Trinajstić information content (AvgIpc) is 2.34. The number of esters is 1. The van der Waals surface area contributed by atoms with Crippen LogP contribution in [0.1, 0.15) is 25.3 Å². The van der Waals surface area contributed by atoms with E-state index in [2.05, 4.69) is 4.90 Å². The van der Waals surface area contributed by atoms with E-state index >= 15 is 0 Å². The van der Waals surface area contributed by atoms with E-state index in [0.717, 1.165) is 38.0 Å². The molecule has 0 saturated carbocycles. The number of likely N-dealkylation sites (tertiary alicyclic amines) is 1. The Labute approximate surface area is 119 Å². The quantitative estimate of drug-likeness (QED) is 0.801. The molecule has 19 heavy (non-hydrogen) atoms. The number of hydrogen-bond acceptors (Lipinski definition) is 3. The number of halogens is 2. The van der Waals surface area contributed by atoms with Gasteiger partial charge in [-0.25, -0.2) is 4.39 Å². The Morgan fingerprint density at radius 3 is 2.42 bits per heavy atom. The number of rotatable bonds is 3. The molecule has 1 fully saturated rings. The van der Waals surface area contributed by atoms with Crippen molar-refractivity contribution in [1.29, 1.82) is 0 Å². The number of piperidine rings is 1. The Kier molecular flexibility index (Phi) is 6.25. The van der Waals surface area contributed by atoms with Gasteiger partial charge in [0.25, 0.3) is 0 Å². The first-order valence-corrected chi connectivity index (χ1v) is 6.27. The van der Waals surface area contributed by atoms with Gasteiger partial charge in [-0.3, -0.25) is 9.69 Å². The monoisotopic (exact) mass is 287 g/mol. The molecule has 0 aliphatic carbocycles. The molecule has 1 heterocycles. The number of carbonyl (C=O) groups excluding carboxylic acids is 1. The van der Waals surface area contributed by atoms with E-state index in [1.54, 1.807) is 0 Å². The summed E-state index contributed by atoms with van der Waals surface area (Å²) in [5.41, 5.74) is 1.11. The Bertz CT molecular complexity index is 402.